The number of unbranched alkanes of at least 4 members (excludes halogenated alkanes) is 1. The topological polar surface area (TPSA) is 101 Å². The molecule has 1 atom stereocenters. The van der Waals surface area contributed by atoms with Gasteiger partial charge in [0.15, 0.2) is 0 Å². The van der Waals surface area contributed by atoms with Crippen molar-refractivity contribution in [2.45, 2.75) is 25.7 Å². The molecule has 0 spiro atoms. The van der Waals surface area contributed by atoms with Crippen LogP contribution in [0.2, 0.25) is 20.1 Å². The molecule has 0 radical (unpaired) electrons. The zero-order valence-electron chi connectivity index (χ0n) is 20.7. The van der Waals surface area contributed by atoms with Gasteiger partial charge >= 0.3 is 11.9 Å². The number of fused-ring (bicyclic) bond motifs is 1. The van der Waals surface area contributed by atoms with Crippen molar-refractivity contribution in [3.63, 3.8) is 0 Å². The summed E-state index contributed by atoms with van der Waals surface area (Å²) in [5.74, 6) is -2.84. The molecule has 2 heterocycles. The van der Waals surface area contributed by atoms with E-state index in [9.17, 15) is 14.4 Å². The van der Waals surface area contributed by atoms with Gasteiger partial charge in [-0.05, 0) is 47.9 Å². The number of halogens is 4. The molecule has 1 aliphatic heterocycles. The van der Waals surface area contributed by atoms with E-state index in [0.29, 0.717) is 32.6 Å². The summed E-state index contributed by atoms with van der Waals surface area (Å²) in [4.78, 5) is 40.4. The van der Waals surface area contributed by atoms with Crippen LogP contribution in [0.3, 0.4) is 0 Å². The fraction of sp³-hybridized carbons (Fsp3) is 0.222. The SMILES string of the molecule is CCCCOC(=O)C1=C(N)n2c(s/c(=C\c3ccc(Cl)cc3Cl)c2=O)=C(C(=O)OC)C1c1ccc(Cl)cc1Cl. The van der Waals surface area contributed by atoms with E-state index in [1.807, 2.05) is 6.92 Å². The summed E-state index contributed by atoms with van der Waals surface area (Å²) in [6.07, 6.45) is 2.96. The zero-order chi connectivity index (χ0) is 28.4. The van der Waals surface area contributed by atoms with Gasteiger partial charge in [0.2, 0.25) is 0 Å². The van der Waals surface area contributed by atoms with Crippen molar-refractivity contribution in [2.24, 2.45) is 5.73 Å². The third-order valence-electron chi connectivity index (χ3n) is 6.03. The molecule has 2 N–H and O–H groups in total. The lowest BCUT2D eigenvalue weighted by Crippen LogP contribution is -2.42. The average Bonchev–Trinajstić information content (AvgIpc) is 3.21. The van der Waals surface area contributed by atoms with Crippen molar-refractivity contribution < 1.29 is 19.1 Å². The molecule has 39 heavy (non-hydrogen) atoms. The van der Waals surface area contributed by atoms with Crippen LogP contribution in [0.1, 0.15) is 36.8 Å². The Balaban J connectivity index is 2.09. The Morgan fingerprint density at radius 1 is 1.03 bits per heavy atom. The van der Waals surface area contributed by atoms with E-state index in [0.717, 1.165) is 22.3 Å². The molecule has 1 aromatic heterocycles. The number of methoxy groups -OCH3 is 1. The standard InChI is InChI=1S/C27H22Cl4N2O5S/c1-3-4-9-38-27(36)21-20(16-8-7-15(29)12-18(16)31)22(26(35)37-2)25-33(23(21)32)24(34)19(39-25)10-13-5-6-14(28)11-17(13)30/h5-8,10-12,20H,3-4,9,32H2,1-2H3/b19-10-. The maximum Gasteiger partial charge on any atom is 0.338 e. The molecule has 12 heteroatoms. The van der Waals surface area contributed by atoms with Gasteiger partial charge in [0, 0.05) is 20.1 Å². The number of hydrogen-bond acceptors (Lipinski definition) is 7. The number of thiazole rings is 1. The predicted molar refractivity (Wildman–Crippen MR) is 156 cm³/mol. The van der Waals surface area contributed by atoms with Crippen LogP contribution in [0.5, 0.6) is 0 Å². The summed E-state index contributed by atoms with van der Waals surface area (Å²) in [5.41, 5.74) is 6.75. The first-order valence-electron chi connectivity index (χ1n) is 11.7. The molecular weight excluding hydrogens is 606 g/mol. The van der Waals surface area contributed by atoms with Gasteiger partial charge in [-0.2, -0.15) is 0 Å². The third kappa shape index (κ3) is 5.76. The number of carbonyl (C=O) groups excluding carboxylic acids is 2. The highest BCUT2D eigenvalue weighted by Gasteiger charge is 2.40. The summed E-state index contributed by atoms with van der Waals surface area (Å²) in [5, 5.41) is 1.30. The molecule has 0 fully saturated rings. The van der Waals surface area contributed by atoms with E-state index in [-0.39, 0.29) is 37.8 Å². The minimum absolute atomic E-state index is 0.00215. The first kappa shape index (κ1) is 29.2. The van der Waals surface area contributed by atoms with Crippen LogP contribution in [0.4, 0.5) is 0 Å². The number of nitrogens with two attached hydrogens (primary N) is 1. The Hall–Kier alpha value is -2.75. The highest BCUT2D eigenvalue weighted by atomic mass is 35.5. The fourth-order valence-electron chi connectivity index (χ4n) is 4.15. The van der Waals surface area contributed by atoms with Crippen LogP contribution in [0, 0.1) is 0 Å². The molecule has 0 aliphatic carbocycles. The smallest absolute Gasteiger partial charge is 0.338 e. The van der Waals surface area contributed by atoms with E-state index in [1.165, 1.54) is 13.2 Å². The number of esters is 2. The summed E-state index contributed by atoms with van der Waals surface area (Å²) < 4.78 is 12.1. The maximum atomic E-state index is 13.6. The average molecular weight is 628 g/mol. The van der Waals surface area contributed by atoms with E-state index >= 15 is 0 Å². The minimum atomic E-state index is -1.10. The Morgan fingerprint density at radius 2 is 1.69 bits per heavy atom. The monoisotopic (exact) mass is 626 g/mol. The van der Waals surface area contributed by atoms with Crippen molar-refractivity contribution >= 4 is 87.1 Å². The van der Waals surface area contributed by atoms with Gasteiger partial charge in [-0.15, -0.1) is 11.3 Å². The maximum absolute atomic E-state index is 13.6. The van der Waals surface area contributed by atoms with Crippen LogP contribution in [0.25, 0.3) is 17.5 Å². The number of ether oxygens (including phenoxy) is 2. The molecule has 0 amide bonds. The van der Waals surface area contributed by atoms with E-state index in [4.69, 9.17) is 61.6 Å². The van der Waals surface area contributed by atoms with E-state index in [1.54, 1.807) is 36.4 Å². The number of nitrogens with zero attached hydrogens (tertiary/aromatic N) is 1. The number of aromatic nitrogens is 1. The second-order valence-corrected chi connectivity index (χ2v) is 11.2. The molecule has 3 aromatic rings. The van der Waals surface area contributed by atoms with E-state index < -0.39 is 23.4 Å². The van der Waals surface area contributed by atoms with Gasteiger partial charge in [0.05, 0.1) is 35.3 Å². The lowest BCUT2D eigenvalue weighted by molar-refractivity contribution is -0.139. The highest BCUT2D eigenvalue weighted by Crippen LogP contribution is 2.41. The molecular formula is C27H22Cl4N2O5S. The van der Waals surface area contributed by atoms with Crippen molar-refractivity contribution in [1.82, 2.24) is 4.57 Å². The van der Waals surface area contributed by atoms with Gasteiger partial charge in [-0.1, -0.05) is 71.9 Å². The molecule has 4 rings (SSSR count). The molecule has 2 aromatic carbocycles. The van der Waals surface area contributed by atoms with Crippen LogP contribution < -0.4 is 20.5 Å². The summed E-state index contributed by atoms with van der Waals surface area (Å²) in [6.45, 7) is 2.07. The second-order valence-electron chi connectivity index (χ2n) is 8.51. The van der Waals surface area contributed by atoms with Crippen LogP contribution in [-0.4, -0.2) is 30.2 Å². The summed E-state index contributed by atoms with van der Waals surface area (Å²) >= 11 is 26.0. The number of hydrogen-bond donors (Lipinski definition) is 1. The minimum Gasteiger partial charge on any atom is -0.466 e. The van der Waals surface area contributed by atoms with Gasteiger partial charge < -0.3 is 15.2 Å². The molecule has 0 bridgehead atoms. The third-order valence-corrected chi connectivity index (χ3v) is 8.26. The molecule has 0 saturated heterocycles. The van der Waals surface area contributed by atoms with E-state index in [2.05, 4.69) is 0 Å². The number of benzene rings is 2. The molecule has 204 valence electrons. The molecule has 1 unspecified atom stereocenters. The Morgan fingerprint density at radius 3 is 2.31 bits per heavy atom. The molecule has 1 aliphatic rings. The normalized spacial score (nSPS) is 15.4. The molecule has 7 nitrogen and oxygen atoms in total. The van der Waals surface area contributed by atoms with Crippen LogP contribution in [0.15, 0.2) is 46.8 Å². The Bertz CT molecular complexity index is 1690. The van der Waals surface area contributed by atoms with Crippen molar-refractivity contribution in [3.05, 3.63) is 92.7 Å². The van der Waals surface area contributed by atoms with Gasteiger partial charge in [-0.3, -0.25) is 9.36 Å². The Labute approximate surface area is 247 Å². The number of carbonyl (C=O) groups is 2. The predicted octanol–water partition coefficient (Wildman–Crippen LogP) is 4.94. The van der Waals surface area contributed by atoms with Crippen LogP contribution in [-0.2, 0) is 19.1 Å². The zero-order valence-corrected chi connectivity index (χ0v) is 24.6. The van der Waals surface area contributed by atoms with Gasteiger partial charge in [0.25, 0.3) is 5.56 Å². The number of rotatable bonds is 7. The molecule has 0 saturated carbocycles. The summed E-state index contributed by atoms with van der Waals surface area (Å²) in [7, 11) is 1.20. The van der Waals surface area contributed by atoms with Gasteiger partial charge in [-0.25, -0.2) is 9.59 Å². The van der Waals surface area contributed by atoms with Crippen molar-refractivity contribution in [3.8, 4) is 0 Å². The Kier molecular flexibility index (Phi) is 9.14. The summed E-state index contributed by atoms with van der Waals surface area (Å²) in [6, 6.07) is 9.49. The fourth-order valence-corrected chi connectivity index (χ4v) is 6.29. The quantitative estimate of drug-likeness (QED) is 0.294. The highest BCUT2D eigenvalue weighted by molar-refractivity contribution is 7.07. The van der Waals surface area contributed by atoms with Crippen molar-refractivity contribution in [2.75, 3.05) is 13.7 Å². The van der Waals surface area contributed by atoms with Crippen LogP contribution >= 0.6 is 57.7 Å². The second kappa shape index (κ2) is 12.2. The van der Waals surface area contributed by atoms with Crippen molar-refractivity contribution in [1.29, 1.82) is 0 Å². The van der Waals surface area contributed by atoms with Gasteiger partial charge in [0.1, 0.15) is 10.5 Å². The first-order valence-corrected chi connectivity index (χ1v) is 14.0. The lowest BCUT2D eigenvalue weighted by Gasteiger charge is -2.27. The largest absolute Gasteiger partial charge is 0.466 e. The lowest BCUT2D eigenvalue weighted by atomic mass is 9.83. The first-order chi connectivity index (χ1) is 18.6.